The maximum atomic E-state index is 12.3. The summed E-state index contributed by atoms with van der Waals surface area (Å²) >= 11 is 3.42. The first-order valence-electron chi connectivity index (χ1n) is 7.59. The van der Waals surface area contributed by atoms with Crippen LogP contribution in [0.2, 0.25) is 0 Å². The van der Waals surface area contributed by atoms with Crippen molar-refractivity contribution in [1.82, 2.24) is 4.90 Å². The van der Waals surface area contributed by atoms with E-state index in [1.165, 1.54) is 25.7 Å². The fourth-order valence-corrected chi connectivity index (χ4v) is 4.46. The second-order valence-corrected chi connectivity index (χ2v) is 7.48. The Morgan fingerprint density at radius 3 is 2.85 bits per heavy atom. The molecule has 2 fully saturated rings. The number of hydrogen-bond donors (Lipinski definition) is 0. The molecule has 0 radical (unpaired) electrons. The largest absolute Gasteiger partial charge is 0.299 e. The molecule has 3 rings (SSSR count). The predicted molar refractivity (Wildman–Crippen MR) is 84.9 cm³/mol. The minimum Gasteiger partial charge on any atom is -0.299 e. The Labute approximate surface area is 129 Å². The molecule has 2 saturated carbocycles. The number of likely N-dealkylation sites (N-methyl/N-ethyl adjacent to an activating group) is 1. The van der Waals surface area contributed by atoms with Crippen molar-refractivity contribution in [2.45, 2.75) is 25.7 Å². The molecule has 2 bridgehead atoms. The fraction of sp³-hybridized carbons (Fsp3) is 0.588. The van der Waals surface area contributed by atoms with Crippen molar-refractivity contribution >= 4 is 21.7 Å². The Kier molecular flexibility index (Phi) is 4.27. The molecule has 0 heterocycles. The van der Waals surface area contributed by atoms with E-state index >= 15 is 0 Å². The lowest BCUT2D eigenvalue weighted by Crippen LogP contribution is -2.32. The van der Waals surface area contributed by atoms with Crippen molar-refractivity contribution in [3.8, 4) is 0 Å². The van der Waals surface area contributed by atoms with Gasteiger partial charge < -0.3 is 0 Å². The number of ketones is 1. The van der Waals surface area contributed by atoms with Gasteiger partial charge in [-0.1, -0.05) is 34.5 Å². The van der Waals surface area contributed by atoms with Gasteiger partial charge in [0.25, 0.3) is 0 Å². The third kappa shape index (κ3) is 3.15. The van der Waals surface area contributed by atoms with E-state index in [0.29, 0.717) is 6.54 Å². The van der Waals surface area contributed by atoms with E-state index in [9.17, 15) is 4.79 Å². The Hall–Kier alpha value is -0.670. The number of carbonyl (C=O) groups is 1. The molecule has 1 aromatic rings. The second kappa shape index (κ2) is 5.98. The number of carbonyl (C=O) groups excluding carboxylic acids is 1. The highest BCUT2D eigenvalue weighted by molar-refractivity contribution is 9.10. The average molecular weight is 336 g/mol. The van der Waals surface area contributed by atoms with Gasteiger partial charge >= 0.3 is 0 Å². The molecule has 0 aliphatic heterocycles. The standard InChI is InChI=1S/C17H22BrNO/c1-19(10-15-8-12-5-6-13(15)7-12)11-17(20)14-3-2-4-16(18)9-14/h2-4,9,12-13,15H,5-8,10-11H2,1H3. The summed E-state index contributed by atoms with van der Waals surface area (Å²) in [6.45, 7) is 1.62. The van der Waals surface area contributed by atoms with Crippen LogP contribution in [-0.2, 0) is 0 Å². The number of hydrogen-bond acceptors (Lipinski definition) is 2. The van der Waals surface area contributed by atoms with Gasteiger partial charge in [0.15, 0.2) is 5.78 Å². The summed E-state index contributed by atoms with van der Waals surface area (Å²) in [5.74, 6) is 2.97. The third-order valence-electron chi connectivity index (χ3n) is 4.99. The Bertz CT molecular complexity index is 502. The van der Waals surface area contributed by atoms with Crippen molar-refractivity contribution in [3.63, 3.8) is 0 Å². The molecule has 1 aromatic carbocycles. The summed E-state index contributed by atoms with van der Waals surface area (Å²) in [7, 11) is 2.09. The highest BCUT2D eigenvalue weighted by Crippen LogP contribution is 2.48. The van der Waals surface area contributed by atoms with Gasteiger partial charge in [-0.15, -0.1) is 0 Å². The van der Waals surface area contributed by atoms with E-state index in [1.807, 2.05) is 24.3 Å². The Balaban J connectivity index is 1.53. The third-order valence-corrected chi connectivity index (χ3v) is 5.48. The van der Waals surface area contributed by atoms with E-state index < -0.39 is 0 Å². The van der Waals surface area contributed by atoms with Crippen LogP contribution < -0.4 is 0 Å². The SMILES string of the molecule is CN(CC(=O)c1cccc(Br)c1)CC1CC2CCC1C2. The molecule has 2 aliphatic carbocycles. The monoisotopic (exact) mass is 335 g/mol. The van der Waals surface area contributed by atoms with E-state index in [0.717, 1.165) is 34.3 Å². The molecule has 3 heteroatoms. The summed E-state index contributed by atoms with van der Waals surface area (Å²) < 4.78 is 0.971. The van der Waals surface area contributed by atoms with E-state index in [4.69, 9.17) is 0 Å². The number of rotatable bonds is 5. The zero-order valence-corrected chi connectivity index (χ0v) is 13.6. The van der Waals surface area contributed by atoms with E-state index in [1.54, 1.807) is 0 Å². The molecule has 3 atom stereocenters. The van der Waals surface area contributed by atoms with Crippen LogP contribution in [0.4, 0.5) is 0 Å². The summed E-state index contributed by atoms with van der Waals surface area (Å²) in [4.78, 5) is 14.5. The molecule has 2 nitrogen and oxygen atoms in total. The molecule has 0 spiro atoms. The Morgan fingerprint density at radius 2 is 2.20 bits per heavy atom. The minimum atomic E-state index is 0.219. The maximum absolute atomic E-state index is 12.3. The second-order valence-electron chi connectivity index (χ2n) is 6.57. The quantitative estimate of drug-likeness (QED) is 0.758. The van der Waals surface area contributed by atoms with Crippen LogP contribution in [-0.4, -0.2) is 30.8 Å². The average Bonchev–Trinajstić information content (AvgIpc) is 3.00. The number of benzene rings is 1. The Morgan fingerprint density at radius 1 is 1.35 bits per heavy atom. The molecule has 0 N–H and O–H groups in total. The van der Waals surface area contributed by atoms with Crippen LogP contribution >= 0.6 is 15.9 Å². The smallest absolute Gasteiger partial charge is 0.176 e. The van der Waals surface area contributed by atoms with Crippen LogP contribution in [0.5, 0.6) is 0 Å². The molecule has 3 unspecified atom stereocenters. The van der Waals surface area contributed by atoms with Crippen molar-refractivity contribution in [3.05, 3.63) is 34.3 Å². The summed E-state index contributed by atoms with van der Waals surface area (Å²) in [6.07, 6.45) is 5.70. The zero-order valence-electron chi connectivity index (χ0n) is 12.0. The highest BCUT2D eigenvalue weighted by Gasteiger charge is 2.39. The van der Waals surface area contributed by atoms with E-state index in [-0.39, 0.29) is 5.78 Å². The van der Waals surface area contributed by atoms with Gasteiger partial charge in [0.05, 0.1) is 6.54 Å². The lowest BCUT2D eigenvalue weighted by atomic mass is 9.88. The molecular formula is C17H22BrNO. The molecular weight excluding hydrogens is 314 g/mol. The van der Waals surface area contributed by atoms with Crippen LogP contribution in [0.3, 0.4) is 0 Å². The van der Waals surface area contributed by atoms with Crippen LogP contribution in [0, 0.1) is 17.8 Å². The highest BCUT2D eigenvalue weighted by atomic mass is 79.9. The number of Topliss-reactive ketones (excluding diaryl/α,β-unsaturated/α-hetero) is 1. The molecule has 0 saturated heterocycles. The van der Waals surface area contributed by atoms with Gasteiger partial charge in [-0.05, 0) is 56.2 Å². The first-order valence-corrected chi connectivity index (χ1v) is 8.38. The summed E-state index contributed by atoms with van der Waals surface area (Å²) in [6, 6.07) is 7.69. The topological polar surface area (TPSA) is 20.3 Å². The summed E-state index contributed by atoms with van der Waals surface area (Å²) in [5.41, 5.74) is 0.805. The van der Waals surface area contributed by atoms with Crippen molar-refractivity contribution in [2.24, 2.45) is 17.8 Å². The van der Waals surface area contributed by atoms with Gasteiger partial charge in [0.2, 0.25) is 0 Å². The molecule has 2 aliphatic rings. The predicted octanol–water partition coefficient (Wildman–Crippen LogP) is 4.00. The number of halogens is 1. The van der Waals surface area contributed by atoms with E-state index in [2.05, 4.69) is 27.9 Å². The zero-order chi connectivity index (χ0) is 14.1. The summed E-state index contributed by atoms with van der Waals surface area (Å²) in [5, 5.41) is 0. The first kappa shape index (κ1) is 14.3. The first-order chi connectivity index (χ1) is 9.61. The normalized spacial score (nSPS) is 28.2. The van der Waals surface area contributed by atoms with Crippen LogP contribution in [0.15, 0.2) is 28.7 Å². The maximum Gasteiger partial charge on any atom is 0.176 e. The lowest BCUT2D eigenvalue weighted by molar-refractivity contribution is 0.0929. The van der Waals surface area contributed by atoms with Crippen LogP contribution in [0.1, 0.15) is 36.0 Å². The van der Waals surface area contributed by atoms with Crippen molar-refractivity contribution < 1.29 is 4.79 Å². The van der Waals surface area contributed by atoms with Crippen LogP contribution in [0.25, 0.3) is 0 Å². The number of fused-ring (bicyclic) bond motifs is 2. The molecule has 108 valence electrons. The van der Waals surface area contributed by atoms with Gasteiger partial charge in [-0.2, -0.15) is 0 Å². The lowest BCUT2D eigenvalue weighted by Gasteiger charge is -2.26. The molecule has 0 amide bonds. The number of nitrogens with zero attached hydrogens (tertiary/aromatic N) is 1. The molecule has 20 heavy (non-hydrogen) atoms. The minimum absolute atomic E-state index is 0.219. The fourth-order valence-electron chi connectivity index (χ4n) is 4.06. The van der Waals surface area contributed by atoms with Gasteiger partial charge in [-0.3, -0.25) is 9.69 Å². The van der Waals surface area contributed by atoms with Gasteiger partial charge in [0.1, 0.15) is 0 Å². The van der Waals surface area contributed by atoms with Gasteiger partial charge in [-0.25, -0.2) is 0 Å². The van der Waals surface area contributed by atoms with Crippen molar-refractivity contribution in [1.29, 1.82) is 0 Å². The molecule has 0 aromatic heterocycles. The van der Waals surface area contributed by atoms with Gasteiger partial charge in [0, 0.05) is 16.6 Å². The van der Waals surface area contributed by atoms with Crippen molar-refractivity contribution in [2.75, 3.05) is 20.1 Å².